The molecular weight excluding hydrogens is 292 g/mol. The van der Waals surface area contributed by atoms with Crippen LogP contribution in [0.3, 0.4) is 0 Å². The highest BCUT2D eigenvalue weighted by Crippen LogP contribution is 2.19. The van der Waals surface area contributed by atoms with Gasteiger partial charge in [-0.1, -0.05) is 13.8 Å². The molecule has 0 radical (unpaired) electrons. The maximum Gasteiger partial charge on any atom is 0.407 e. The summed E-state index contributed by atoms with van der Waals surface area (Å²) in [5.41, 5.74) is -0.451. The zero-order valence-corrected chi connectivity index (χ0v) is 15.8. The third kappa shape index (κ3) is 8.56. The molecule has 1 aliphatic heterocycles. The number of carbonyl (C=O) groups is 1. The Morgan fingerprint density at radius 3 is 2.30 bits per heavy atom. The Hall–Kier alpha value is -0.810. The van der Waals surface area contributed by atoms with Crippen LogP contribution in [0.5, 0.6) is 0 Å². The topological polar surface area (TPSA) is 59.6 Å². The maximum absolute atomic E-state index is 11.8. The van der Waals surface area contributed by atoms with Crippen LogP contribution in [-0.2, 0) is 9.47 Å². The number of hydrogen-bond acceptors (Lipinski definition) is 4. The number of hydrogen-bond donors (Lipinski definition) is 2. The summed E-state index contributed by atoms with van der Waals surface area (Å²) in [7, 11) is 0. The van der Waals surface area contributed by atoms with Crippen LogP contribution in [0.15, 0.2) is 0 Å². The second kappa shape index (κ2) is 9.48. The van der Waals surface area contributed by atoms with Crippen molar-refractivity contribution in [1.29, 1.82) is 0 Å². The molecular formula is C18H36N2O3. The van der Waals surface area contributed by atoms with Crippen molar-refractivity contribution in [3.8, 4) is 0 Å². The first-order valence-corrected chi connectivity index (χ1v) is 8.97. The summed E-state index contributed by atoms with van der Waals surface area (Å²) in [4.78, 5) is 11.8. The molecule has 1 amide bonds. The molecule has 1 aliphatic rings. The lowest BCUT2D eigenvalue weighted by molar-refractivity contribution is 0.0503. The Labute approximate surface area is 141 Å². The highest BCUT2D eigenvalue weighted by molar-refractivity contribution is 5.67. The predicted octanol–water partition coefficient (Wildman–Crippen LogP) is 3.19. The zero-order valence-electron chi connectivity index (χ0n) is 15.8. The maximum atomic E-state index is 11.8. The van der Waals surface area contributed by atoms with E-state index < -0.39 is 5.60 Å². The smallest absolute Gasteiger partial charge is 0.407 e. The summed E-state index contributed by atoms with van der Waals surface area (Å²) >= 11 is 0. The normalized spacial score (nSPS) is 19.4. The molecule has 0 spiro atoms. The lowest BCUT2D eigenvalue weighted by Gasteiger charge is -2.31. The van der Waals surface area contributed by atoms with Crippen molar-refractivity contribution in [2.45, 2.75) is 66.0 Å². The molecule has 5 nitrogen and oxygen atoms in total. The van der Waals surface area contributed by atoms with Crippen molar-refractivity contribution in [2.75, 3.05) is 26.3 Å². The summed E-state index contributed by atoms with van der Waals surface area (Å²) in [5.74, 6) is 1.58. The molecule has 0 aromatic rings. The van der Waals surface area contributed by atoms with E-state index in [-0.39, 0.29) is 6.09 Å². The van der Waals surface area contributed by atoms with Gasteiger partial charge in [0.1, 0.15) is 5.60 Å². The first kappa shape index (κ1) is 20.2. The standard InChI is InChI=1S/C18H36N2O3/c1-13(2)16(12-20-17(21)23-18(4,5)6)11-19-14(3)15-7-9-22-10-8-15/h13-16,19H,7-12H2,1-6H3,(H,20,21). The van der Waals surface area contributed by atoms with Crippen molar-refractivity contribution in [1.82, 2.24) is 10.6 Å². The molecule has 0 bridgehead atoms. The minimum atomic E-state index is -0.451. The van der Waals surface area contributed by atoms with Gasteiger partial charge in [-0.15, -0.1) is 0 Å². The Kier molecular flexibility index (Phi) is 8.34. The third-order valence-electron chi connectivity index (χ3n) is 4.53. The summed E-state index contributed by atoms with van der Waals surface area (Å²) in [6, 6.07) is 0.488. The molecule has 23 heavy (non-hydrogen) atoms. The molecule has 1 heterocycles. The molecule has 1 rings (SSSR count). The number of alkyl carbamates (subject to hydrolysis) is 1. The minimum Gasteiger partial charge on any atom is -0.444 e. The number of nitrogens with one attached hydrogen (secondary N) is 2. The summed E-state index contributed by atoms with van der Waals surface area (Å²) in [6.07, 6.45) is 1.94. The van der Waals surface area contributed by atoms with E-state index >= 15 is 0 Å². The van der Waals surface area contributed by atoms with E-state index in [1.807, 2.05) is 20.8 Å². The minimum absolute atomic E-state index is 0.333. The van der Waals surface area contributed by atoms with Crippen molar-refractivity contribution in [3.05, 3.63) is 0 Å². The predicted molar refractivity (Wildman–Crippen MR) is 93.6 cm³/mol. The van der Waals surface area contributed by atoms with Crippen LogP contribution >= 0.6 is 0 Å². The van der Waals surface area contributed by atoms with Crippen LogP contribution in [0.25, 0.3) is 0 Å². The van der Waals surface area contributed by atoms with Gasteiger partial charge in [0, 0.05) is 32.3 Å². The summed E-state index contributed by atoms with van der Waals surface area (Å²) < 4.78 is 10.7. The fourth-order valence-electron chi connectivity index (χ4n) is 2.79. The van der Waals surface area contributed by atoms with Gasteiger partial charge in [0.25, 0.3) is 0 Å². The van der Waals surface area contributed by atoms with E-state index in [9.17, 15) is 4.79 Å². The van der Waals surface area contributed by atoms with Crippen LogP contribution in [0.2, 0.25) is 0 Å². The van der Waals surface area contributed by atoms with Gasteiger partial charge < -0.3 is 20.1 Å². The average molecular weight is 328 g/mol. The molecule has 136 valence electrons. The molecule has 0 aromatic carbocycles. The molecule has 2 unspecified atom stereocenters. The number of carbonyl (C=O) groups excluding carboxylic acids is 1. The van der Waals surface area contributed by atoms with E-state index in [2.05, 4.69) is 31.4 Å². The van der Waals surface area contributed by atoms with Gasteiger partial charge in [-0.05, 0) is 58.3 Å². The van der Waals surface area contributed by atoms with Gasteiger partial charge in [0.2, 0.25) is 0 Å². The Bertz CT molecular complexity index is 347. The molecule has 5 heteroatoms. The summed E-state index contributed by atoms with van der Waals surface area (Å²) in [5, 5.41) is 6.56. The van der Waals surface area contributed by atoms with Crippen molar-refractivity contribution in [3.63, 3.8) is 0 Å². The van der Waals surface area contributed by atoms with E-state index in [0.717, 1.165) is 32.6 Å². The Balaban J connectivity index is 2.35. The fourth-order valence-corrected chi connectivity index (χ4v) is 2.79. The quantitative estimate of drug-likeness (QED) is 0.753. The second-order valence-electron chi connectivity index (χ2n) is 8.03. The van der Waals surface area contributed by atoms with Crippen LogP contribution in [0.1, 0.15) is 54.4 Å². The Morgan fingerprint density at radius 2 is 1.78 bits per heavy atom. The van der Waals surface area contributed by atoms with E-state index in [4.69, 9.17) is 9.47 Å². The molecule has 0 aliphatic carbocycles. The van der Waals surface area contributed by atoms with Crippen LogP contribution in [0.4, 0.5) is 4.79 Å². The molecule has 0 saturated carbocycles. The average Bonchev–Trinajstić information content (AvgIpc) is 2.45. The van der Waals surface area contributed by atoms with Gasteiger partial charge >= 0.3 is 6.09 Å². The van der Waals surface area contributed by atoms with E-state index in [1.165, 1.54) is 0 Å². The summed E-state index contributed by atoms with van der Waals surface area (Å²) in [6.45, 7) is 15.6. The van der Waals surface area contributed by atoms with E-state index in [1.54, 1.807) is 0 Å². The first-order valence-electron chi connectivity index (χ1n) is 8.97. The molecule has 2 atom stereocenters. The van der Waals surface area contributed by atoms with Gasteiger partial charge in [-0.3, -0.25) is 0 Å². The van der Waals surface area contributed by atoms with Crippen LogP contribution < -0.4 is 10.6 Å². The van der Waals surface area contributed by atoms with Crippen LogP contribution in [-0.4, -0.2) is 44.0 Å². The highest BCUT2D eigenvalue weighted by atomic mass is 16.6. The van der Waals surface area contributed by atoms with Crippen molar-refractivity contribution >= 4 is 6.09 Å². The number of ether oxygens (including phenoxy) is 2. The van der Waals surface area contributed by atoms with Gasteiger partial charge in [0.05, 0.1) is 0 Å². The van der Waals surface area contributed by atoms with Crippen molar-refractivity contribution < 1.29 is 14.3 Å². The molecule has 1 fully saturated rings. The third-order valence-corrected chi connectivity index (χ3v) is 4.53. The van der Waals surface area contributed by atoms with Gasteiger partial charge in [-0.2, -0.15) is 0 Å². The van der Waals surface area contributed by atoms with Crippen LogP contribution in [0, 0.1) is 17.8 Å². The molecule has 0 aromatic heterocycles. The Morgan fingerprint density at radius 1 is 1.17 bits per heavy atom. The largest absolute Gasteiger partial charge is 0.444 e. The molecule has 2 N–H and O–H groups in total. The van der Waals surface area contributed by atoms with Gasteiger partial charge in [0.15, 0.2) is 0 Å². The lowest BCUT2D eigenvalue weighted by atomic mass is 9.91. The SMILES string of the molecule is CC(C)C(CNC(=O)OC(C)(C)C)CNC(C)C1CCOCC1. The lowest BCUT2D eigenvalue weighted by Crippen LogP contribution is -2.43. The van der Waals surface area contributed by atoms with Crippen molar-refractivity contribution in [2.24, 2.45) is 17.8 Å². The van der Waals surface area contributed by atoms with E-state index in [0.29, 0.717) is 30.3 Å². The highest BCUT2D eigenvalue weighted by Gasteiger charge is 2.23. The van der Waals surface area contributed by atoms with Gasteiger partial charge in [-0.25, -0.2) is 4.79 Å². The number of amides is 1. The monoisotopic (exact) mass is 328 g/mol. The second-order valence-corrected chi connectivity index (χ2v) is 8.03. The zero-order chi connectivity index (χ0) is 17.5. The fraction of sp³-hybridized carbons (Fsp3) is 0.944. The number of rotatable bonds is 7. The first-order chi connectivity index (χ1) is 10.7. The molecule has 1 saturated heterocycles.